The highest BCUT2D eigenvalue weighted by molar-refractivity contribution is 6.30. The molecular formula is C18H17ClFNO3. The topological polar surface area (TPSA) is 55.4 Å². The molecule has 1 atom stereocenters. The van der Waals surface area contributed by atoms with E-state index in [0.717, 1.165) is 5.56 Å². The predicted molar refractivity (Wildman–Crippen MR) is 90.4 cm³/mol. The molecule has 2 aromatic carbocycles. The van der Waals surface area contributed by atoms with Gasteiger partial charge in [0.1, 0.15) is 5.82 Å². The van der Waals surface area contributed by atoms with Crippen LogP contribution < -0.4 is 5.32 Å². The highest BCUT2D eigenvalue weighted by atomic mass is 35.5. The van der Waals surface area contributed by atoms with Crippen LogP contribution in [0.3, 0.4) is 0 Å². The van der Waals surface area contributed by atoms with Gasteiger partial charge in [-0.1, -0.05) is 29.8 Å². The molecule has 6 heteroatoms. The Morgan fingerprint density at radius 1 is 1.21 bits per heavy atom. The first kappa shape index (κ1) is 17.9. The molecule has 0 radical (unpaired) electrons. The van der Waals surface area contributed by atoms with Gasteiger partial charge < -0.3 is 10.1 Å². The molecule has 0 heterocycles. The van der Waals surface area contributed by atoms with Gasteiger partial charge in [0.05, 0.1) is 0 Å². The molecule has 0 aromatic heterocycles. The van der Waals surface area contributed by atoms with Crippen LogP contribution >= 0.6 is 11.6 Å². The third kappa shape index (κ3) is 5.66. The van der Waals surface area contributed by atoms with Crippen LogP contribution in [0.5, 0.6) is 0 Å². The van der Waals surface area contributed by atoms with Crippen molar-refractivity contribution in [3.8, 4) is 0 Å². The van der Waals surface area contributed by atoms with Gasteiger partial charge in [-0.3, -0.25) is 9.59 Å². The largest absolute Gasteiger partial charge is 0.453 e. The summed E-state index contributed by atoms with van der Waals surface area (Å²) < 4.78 is 17.9. The molecule has 126 valence electrons. The first-order valence-corrected chi connectivity index (χ1v) is 7.82. The lowest BCUT2D eigenvalue weighted by molar-refractivity contribution is -0.153. The first-order valence-electron chi connectivity index (χ1n) is 7.44. The Morgan fingerprint density at radius 2 is 1.92 bits per heavy atom. The van der Waals surface area contributed by atoms with Crippen LogP contribution in [0.4, 0.5) is 10.1 Å². The van der Waals surface area contributed by atoms with Crippen molar-refractivity contribution in [1.29, 1.82) is 0 Å². The number of esters is 1. The van der Waals surface area contributed by atoms with Crippen LogP contribution in [-0.4, -0.2) is 18.0 Å². The molecule has 0 fully saturated rings. The minimum atomic E-state index is -0.926. The second kappa shape index (κ2) is 8.45. The van der Waals surface area contributed by atoms with Gasteiger partial charge in [-0.05, 0) is 49.2 Å². The molecule has 0 unspecified atom stereocenters. The fourth-order valence-electron chi connectivity index (χ4n) is 2.02. The Morgan fingerprint density at radius 3 is 2.58 bits per heavy atom. The number of aryl methyl sites for hydroxylation is 1. The molecule has 2 rings (SSSR count). The summed E-state index contributed by atoms with van der Waals surface area (Å²) in [7, 11) is 0. The van der Waals surface area contributed by atoms with Crippen LogP contribution in [0.2, 0.25) is 5.02 Å². The van der Waals surface area contributed by atoms with E-state index in [2.05, 4.69) is 5.32 Å². The smallest absolute Gasteiger partial charge is 0.306 e. The van der Waals surface area contributed by atoms with E-state index in [1.54, 1.807) is 36.4 Å². The molecule has 24 heavy (non-hydrogen) atoms. The Bertz CT molecular complexity index is 718. The van der Waals surface area contributed by atoms with E-state index in [1.165, 1.54) is 19.1 Å². The number of carbonyl (C=O) groups excluding carboxylic acids is 2. The third-order valence-corrected chi connectivity index (χ3v) is 3.54. The minimum absolute atomic E-state index is 0.112. The van der Waals surface area contributed by atoms with Gasteiger partial charge in [-0.15, -0.1) is 0 Å². The maximum Gasteiger partial charge on any atom is 0.306 e. The number of nitrogens with one attached hydrogen (secondary N) is 1. The van der Waals surface area contributed by atoms with Gasteiger partial charge >= 0.3 is 5.97 Å². The normalized spacial score (nSPS) is 11.6. The molecule has 0 aliphatic heterocycles. The van der Waals surface area contributed by atoms with Crippen molar-refractivity contribution in [2.45, 2.75) is 25.9 Å². The Kier molecular flexibility index (Phi) is 6.32. The standard InChI is InChI=1S/C18H17ClFNO3/c1-12(18(23)21-16-4-2-3-14(19)11-16)24-17(22)10-7-13-5-8-15(20)9-6-13/h2-6,8-9,11-12H,7,10H2,1H3,(H,21,23)/t12-/m1/s1. The minimum Gasteiger partial charge on any atom is -0.453 e. The van der Waals surface area contributed by atoms with E-state index in [1.807, 2.05) is 0 Å². The Labute approximate surface area is 144 Å². The number of benzene rings is 2. The lowest BCUT2D eigenvalue weighted by Gasteiger charge is -2.13. The van der Waals surface area contributed by atoms with Gasteiger partial charge in [-0.25, -0.2) is 4.39 Å². The molecule has 0 aliphatic rings. The lowest BCUT2D eigenvalue weighted by Crippen LogP contribution is -2.30. The summed E-state index contributed by atoms with van der Waals surface area (Å²) in [5.41, 5.74) is 1.35. The maximum atomic E-state index is 12.8. The molecular weight excluding hydrogens is 333 g/mol. The molecule has 1 N–H and O–H groups in total. The molecule has 4 nitrogen and oxygen atoms in total. The monoisotopic (exact) mass is 349 g/mol. The van der Waals surface area contributed by atoms with Crippen LogP contribution in [0.25, 0.3) is 0 Å². The number of hydrogen-bond acceptors (Lipinski definition) is 3. The summed E-state index contributed by atoms with van der Waals surface area (Å²) in [6.07, 6.45) is -0.396. The van der Waals surface area contributed by atoms with Crippen molar-refractivity contribution in [2.75, 3.05) is 5.32 Å². The summed E-state index contributed by atoms with van der Waals surface area (Å²) in [6.45, 7) is 1.50. The van der Waals surface area contributed by atoms with Crippen LogP contribution in [-0.2, 0) is 20.7 Å². The number of halogens is 2. The second-order valence-corrected chi connectivity index (χ2v) is 5.69. The van der Waals surface area contributed by atoms with E-state index in [4.69, 9.17) is 16.3 Å². The summed E-state index contributed by atoms with van der Waals surface area (Å²) in [6, 6.07) is 12.6. The Hall–Kier alpha value is -2.40. The number of carbonyl (C=O) groups is 2. The van der Waals surface area contributed by atoms with Crippen molar-refractivity contribution in [1.82, 2.24) is 0 Å². The predicted octanol–water partition coefficient (Wildman–Crippen LogP) is 3.98. The number of hydrogen-bond donors (Lipinski definition) is 1. The first-order chi connectivity index (χ1) is 11.4. The van der Waals surface area contributed by atoms with Crippen molar-refractivity contribution < 1.29 is 18.7 Å². The SMILES string of the molecule is C[C@@H](OC(=O)CCc1ccc(F)cc1)C(=O)Nc1cccc(Cl)c1. The zero-order valence-corrected chi connectivity index (χ0v) is 13.8. The van der Waals surface area contributed by atoms with Crippen molar-refractivity contribution in [3.63, 3.8) is 0 Å². The van der Waals surface area contributed by atoms with Gasteiger partial charge in [-0.2, -0.15) is 0 Å². The van der Waals surface area contributed by atoms with Gasteiger partial charge in [0.2, 0.25) is 0 Å². The summed E-state index contributed by atoms with van der Waals surface area (Å²) in [5, 5.41) is 3.12. The molecule has 0 bridgehead atoms. The molecule has 0 spiro atoms. The van der Waals surface area contributed by atoms with Gasteiger partial charge in [0, 0.05) is 17.1 Å². The molecule has 1 amide bonds. The van der Waals surface area contributed by atoms with Crippen molar-refractivity contribution >= 4 is 29.2 Å². The van der Waals surface area contributed by atoms with Gasteiger partial charge in [0.25, 0.3) is 5.91 Å². The maximum absolute atomic E-state index is 12.8. The van der Waals surface area contributed by atoms with E-state index < -0.39 is 18.0 Å². The zero-order chi connectivity index (χ0) is 17.5. The van der Waals surface area contributed by atoms with E-state index in [9.17, 15) is 14.0 Å². The molecule has 2 aromatic rings. The van der Waals surface area contributed by atoms with Crippen LogP contribution in [0.15, 0.2) is 48.5 Å². The Balaban J connectivity index is 1.80. The zero-order valence-electron chi connectivity index (χ0n) is 13.1. The number of rotatable bonds is 6. The van der Waals surface area contributed by atoms with Gasteiger partial charge in [0.15, 0.2) is 6.10 Å². The van der Waals surface area contributed by atoms with E-state index in [-0.39, 0.29) is 12.2 Å². The highest BCUT2D eigenvalue weighted by Gasteiger charge is 2.18. The quantitative estimate of drug-likeness (QED) is 0.802. The van der Waals surface area contributed by atoms with Crippen molar-refractivity contribution in [3.05, 3.63) is 64.9 Å². The van der Waals surface area contributed by atoms with E-state index in [0.29, 0.717) is 17.1 Å². The average Bonchev–Trinajstić information content (AvgIpc) is 2.54. The summed E-state index contributed by atoms with van der Waals surface area (Å²) in [5.74, 6) is -1.26. The fraction of sp³-hybridized carbons (Fsp3) is 0.222. The average molecular weight is 350 g/mol. The summed E-state index contributed by atoms with van der Waals surface area (Å²) in [4.78, 5) is 23.8. The molecule has 0 aliphatic carbocycles. The number of ether oxygens (including phenoxy) is 1. The van der Waals surface area contributed by atoms with E-state index >= 15 is 0 Å². The second-order valence-electron chi connectivity index (χ2n) is 5.26. The van der Waals surface area contributed by atoms with Crippen LogP contribution in [0.1, 0.15) is 18.9 Å². The lowest BCUT2D eigenvalue weighted by atomic mass is 10.1. The number of anilines is 1. The summed E-state index contributed by atoms with van der Waals surface area (Å²) >= 11 is 5.84. The fourth-order valence-corrected chi connectivity index (χ4v) is 2.21. The van der Waals surface area contributed by atoms with Crippen molar-refractivity contribution in [2.24, 2.45) is 0 Å². The highest BCUT2D eigenvalue weighted by Crippen LogP contribution is 2.15. The third-order valence-electron chi connectivity index (χ3n) is 3.30. The molecule has 0 saturated carbocycles. The molecule has 0 saturated heterocycles. The van der Waals surface area contributed by atoms with Crippen LogP contribution in [0, 0.1) is 5.82 Å². The number of amides is 1.